The summed E-state index contributed by atoms with van der Waals surface area (Å²) < 4.78 is 33.8. The summed E-state index contributed by atoms with van der Waals surface area (Å²) in [6.07, 6.45) is -0.287. The van der Waals surface area contributed by atoms with Crippen molar-refractivity contribution in [2.75, 3.05) is 27.5 Å². The Morgan fingerprint density at radius 2 is 1.79 bits per heavy atom. The highest BCUT2D eigenvalue weighted by Gasteiger charge is 2.27. The molecule has 0 fully saturated rings. The zero-order chi connectivity index (χ0) is 17.9. The fourth-order valence-electron chi connectivity index (χ4n) is 2.15. The van der Waals surface area contributed by atoms with Crippen molar-refractivity contribution >= 4 is 34.8 Å². The molecule has 132 valence electrons. The average Bonchev–Trinajstić information content (AvgIpc) is 2.96. The van der Waals surface area contributed by atoms with E-state index < -0.39 is 7.60 Å². The van der Waals surface area contributed by atoms with Crippen molar-refractivity contribution in [3.05, 3.63) is 23.1 Å². The van der Waals surface area contributed by atoms with Crippen molar-refractivity contribution < 1.29 is 27.9 Å². The van der Waals surface area contributed by atoms with E-state index in [1.165, 1.54) is 25.6 Å². The lowest BCUT2D eigenvalue weighted by molar-refractivity contribution is 0.101. The van der Waals surface area contributed by atoms with Crippen LogP contribution in [0.25, 0.3) is 10.1 Å². The van der Waals surface area contributed by atoms with Crippen LogP contribution < -0.4 is 9.47 Å². The third kappa shape index (κ3) is 4.16. The Labute approximate surface area is 145 Å². The Morgan fingerprint density at radius 3 is 2.33 bits per heavy atom. The van der Waals surface area contributed by atoms with Crippen LogP contribution in [0.2, 0.25) is 0 Å². The molecule has 1 aromatic carbocycles. The molecule has 0 aliphatic rings. The first-order chi connectivity index (χ1) is 11.3. The lowest BCUT2D eigenvalue weighted by Gasteiger charge is -2.13. The zero-order valence-electron chi connectivity index (χ0n) is 14.3. The molecule has 0 radical (unpaired) electrons. The van der Waals surface area contributed by atoms with E-state index in [2.05, 4.69) is 0 Å². The summed E-state index contributed by atoms with van der Waals surface area (Å²) in [7, 11) is 0.723. The molecule has 2 rings (SSSR count). The molecule has 24 heavy (non-hydrogen) atoms. The van der Waals surface area contributed by atoms with Crippen molar-refractivity contribution in [1.29, 1.82) is 0 Å². The predicted octanol–water partition coefficient (Wildman–Crippen LogP) is 4.37. The van der Waals surface area contributed by atoms with Crippen molar-refractivity contribution in [2.24, 2.45) is 0 Å². The number of carbonyl (C=O) groups excluding carboxylic acids is 1. The van der Waals surface area contributed by atoms with Gasteiger partial charge in [0.2, 0.25) is 0 Å². The lowest BCUT2D eigenvalue weighted by Crippen LogP contribution is -2.06. The summed E-state index contributed by atoms with van der Waals surface area (Å²) in [6.45, 7) is 3.86. The number of Topliss-reactive ketones (excluding diaryl/α,β-unsaturated/α-hetero) is 1. The maximum absolute atomic E-state index is 12.4. The van der Waals surface area contributed by atoms with Crippen LogP contribution in [0.5, 0.6) is 11.5 Å². The molecule has 0 unspecified atom stereocenters. The molecule has 1 heterocycles. The molecule has 0 saturated carbocycles. The molecule has 8 heteroatoms. The number of hydrogen-bond acceptors (Lipinski definition) is 7. The number of thiophene rings is 1. The van der Waals surface area contributed by atoms with Gasteiger partial charge in [-0.25, -0.2) is 0 Å². The van der Waals surface area contributed by atoms with Crippen LogP contribution in [-0.4, -0.2) is 39.4 Å². The zero-order valence-corrected chi connectivity index (χ0v) is 16.0. The molecule has 0 bridgehead atoms. The molecule has 0 N–H and O–H groups in total. The Bertz CT molecular complexity index is 774. The third-order valence-electron chi connectivity index (χ3n) is 3.33. The van der Waals surface area contributed by atoms with Gasteiger partial charge in [-0.15, -0.1) is 11.3 Å². The normalized spacial score (nSPS) is 11.9. The van der Waals surface area contributed by atoms with Crippen molar-refractivity contribution in [2.45, 2.75) is 20.0 Å². The Morgan fingerprint density at radius 1 is 1.12 bits per heavy atom. The van der Waals surface area contributed by atoms with E-state index in [9.17, 15) is 9.36 Å². The second-order valence-corrected chi connectivity index (χ2v) is 8.73. The number of rotatable bonds is 8. The summed E-state index contributed by atoms with van der Waals surface area (Å²) in [4.78, 5) is 12.9. The minimum absolute atomic E-state index is 0.00498. The second-order valence-electron chi connectivity index (χ2n) is 5.38. The van der Waals surface area contributed by atoms with Crippen LogP contribution >= 0.6 is 18.9 Å². The number of hydrogen-bond donors (Lipinski definition) is 0. The van der Waals surface area contributed by atoms with Gasteiger partial charge in [-0.2, -0.15) is 0 Å². The third-order valence-corrected chi connectivity index (χ3v) is 6.26. The lowest BCUT2D eigenvalue weighted by atomic mass is 10.2. The maximum atomic E-state index is 12.4. The first-order valence-corrected chi connectivity index (χ1v) is 9.88. The van der Waals surface area contributed by atoms with E-state index in [0.29, 0.717) is 16.4 Å². The van der Waals surface area contributed by atoms with E-state index >= 15 is 0 Å². The summed E-state index contributed by atoms with van der Waals surface area (Å²) in [5.41, 5.74) is 0. The van der Waals surface area contributed by atoms with Gasteiger partial charge in [-0.05, 0) is 31.4 Å². The van der Waals surface area contributed by atoms with Gasteiger partial charge < -0.3 is 18.5 Å². The number of ether oxygens (including phenoxy) is 2. The molecule has 0 aliphatic heterocycles. The summed E-state index contributed by atoms with van der Waals surface area (Å²) in [5, 5.41) is 0.865. The van der Waals surface area contributed by atoms with E-state index in [-0.39, 0.29) is 18.0 Å². The first-order valence-electron chi connectivity index (χ1n) is 7.34. The molecular weight excluding hydrogens is 351 g/mol. The number of ketones is 1. The Kier molecular flexibility index (Phi) is 6.04. The molecular formula is C16H21O6PS. The molecule has 0 spiro atoms. The summed E-state index contributed by atoms with van der Waals surface area (Å²) in [5.74, 6) is 0.946. The maximum Gasteiger partial charge on any atom is 0.337 e. The van der Waals surface area contributed by atoms with Crippen molar-refractivity contribution in [3.63, 3.8) is 0 Å². The fourth-order valence-corrected chi connectivity index (χ4v) is 4.19. The van der Waals surface area contributed by atoms with E-state index in [0.717, 1.165) is 10.1 Å². The average molecular weight is 372 g/mol. The second kappa shape index (κ2) is 7.66. The summed E-state index contributed by atoms with van der Waals surface area (Å²) >= 11 is 1.31. The number of carbonyl (C=O) groups is 1. The minimum atomic E-state index is -3.38. The van der Waals surface area contributed by atoms with Gasteiger partial charge >= 0.3 is 7.60 Å². The van der Waals surface area contributed by atoms with Crippen LogP contribution in [0, 0.1) is 0 Å². The Hall–Kier alpha value is -1.40. The van der Waals surface area contributed by atoms with Gasteiger partial charge in [0.1, 0.15) is 6.16 Å². The highest BCUT2D eigenvalue weighted by atomic mass is 32.1. The van der Waals surface area contributed by atoms with Gasteiger partial charge in [0.25, 0.3) is 0 Å². The van der Waals surface area contributed by atoms with Crippen LogP contribution in [0.15, 0.2) is 18.2 Å². The molecule has 0 aliphatic carbocycles. The number of methoxy groups -OCH3 is 1. The van der Waals surface area contributed by atoms with Crippen LogP contribution in [-0.2, 0) is 13.6 Å². The van der Waals surface area contributed by atoms with Gasteiger partial charge in [-0.3, -0.25) is 9.36 Å². The minimum Gasteiger partial charge on any atom is -0.493 e. The first kappa shape index (κ1) is 18.9. The van der Waals surface area contributed by atoms with Crippen molar-refractivity contribution in [1.82, 2.24) is 0 Å². The van der Waals surface area contributed by atoms with Gasteiger partial charge in [0.15, 0.2) is 17.3 Å². The van der Waals surface area contributed by atoms with Gasteiger partial charge in [0, 0.05) is 25.0 Å². The standard InChI is InChI=1S/C16H21O6PS/c1-10(2)22-14-6-11-7-16(24-15(11)8-13(14)19-3)12(17)9-23(18,20-4)21-5/h6-8,10H,9H2,1-5H3. The SMILES string of the molecule is COc1cc2sc(C(=O)CP(=O)(OC)OC)cc2cc1OC(C)C. The molecule has 6 nitrogen and oxygen atoms in total. The van der Waals surface area contributed by atoms with E-state index in [4.69, 9.17) is 18.5 Å². The number of benzene rings is 1. The highest BCUT2D eigenvalue weighted by molar-refractivity contribution is 7.55. The molecule has 0 atom stereocenters. The molecule has 0 saturated heterocycles. The van der Waals surface area contributed by atoms with Crippen LogP contribution in [0.1, 0.15) is 23.5 Å². The van der Waals surface area contributed by atoms with Crippen LogP contribution in [0.4, 0.5) is 0 Å². The van der Waals surface area contributed by atoms with E-state index in [1.807, 2.05) is 26.0 Å². The Balaban J connectivity index is 2.37. The highest BCUT2D eigenvalue weighted by Crippen LogP contribution is 2.47. The van der Waals surface area contributed by atoms with Gasteiger partial charge in [-0.1, -0.05) is 0 Å². The van der Waals surface area contributed by atoms with Crippen molar-refractivity contribution in [3.8, 4) is 11.5 Å². The molecule has 0 amide bonds. The number of fused-ring (bicyclic) bond motifs is 1. The molecule has 1 aromatic heterocycles. The molecule has 2 aromatic rings. The monoisotopic (exact) mass is 372 g/mol. The predicted molar refractivity (Wildman–Crippen MR) is 95.0 cm³/mol. The smallest absolute Gasteiger partial charge is 0.337 e. The van der Waals surface area contributed by atoms with E-state index in [1.54, 1.807) is 13.2 Å². The summed E-state index contributed by atoms with van der Waals surface area (Å²) in [6, 6.07) is 5.43. The largest absolute Gasteiger partial charge is 0.493 e. The van der Waals surface area contributed by atoms with Crippen LogP contribution in [0.3, 0.4) is 0 Å². The quantitative estimate of drug-likeness (QED) is 0.506. The topological polar surface area (TPSA) is 71.1 Å². The van der Waals surface area contributed by atoms with Gasteiger partial charge in [0.05, 0.1) is 18.1 Å². The fraction of sp³-hybridized carbons (Fsp3) is 0.438.